The van der Waals surface area contributed by atoms with Crippen molar-refractivity contribution >= 4 is 29.5 Å². The number of unbranched alkanes of at least 4 members (excludes halogenated alkanes) is 3. The van der Waals surface area contributed by atoms with E-state index in [1.54, 1.807) is 16.7 Å². The van der Waals surface area contributed by atoms with Gasteiger partial charge in [-0.3, -0.25) is 19.3 Å². The lowest BCUT2D eigenvalue weighted by molar-refractivity contribution is -0.140. The summed E-state index contributed by atoms with van der Waals surface area (Å²) in [7, 11) is 0. The fraction of sp³-hybridized carbons (Fsp3) is 0.700. The SMILES string of the molecule is CC1C[C@H]2SC13C(C(=O)NCCN1CCOCC1)N(CCCCCCO)C(=O)[C@@H]3[C@H]2C(=O)NCc1ccccc1. The van der Waals surface area contributed by atoms with Crippen molar-refractivity contribution in [3.63, 3.8) is 0 Å². The Morgan fingerprint density at radius 1 is 1.05 bits per heavy atom. The molecule has 4 heterocycles. The number of fused-ring (bicyclic) bond motifs is 1. The quantitative estimate of drug-likeness (QED) is 0.308. The highest BCUT2D eigenvalue weighted by atomic mass is 32.2. The zero-order valence-electron chi connectivity index (χ0n) is 23.6. The molecule has 0 radical (unpaired) electrons. The number of thioether (sulfide) groups is 1. The van der Waals surface area contributed by atoms with Crippen LogP contribution in [0.3, 0.4) is 0 Å². The van der Waals surface area contributed by atoms with Crippen LogP contribution < -0.4 is 10.6 Å². The van der Waals surface area contributed by atoms with E-state index in [1.807, 2.05) is 30.3 Å². The minimum Gasteiger partial charge on any atom is -0.396 e. The molecule has 40 heavy (non-hydrogen) atoms. The molecular weight excluding hydrogens is 528 g/mol. The molecule has 9 nitrogen and oxygen atoms in total. The maximum Gasteiger partial charge on any atom is 0.244 e. The summed E-state index contributed by atoms with van der Waals surface area (Å²) in [5.41, 5.74) is 1.02. The van der Waals surface area contributed by atoms with Crippen LogP contribution in [0.2, 0.25) is 0 Å². The zero-order chi connectivity index (χ0) is 28.1. The standard InChI is InChI=1S/C30H44N4O5S/c1-21-19-23-24(27(36)32-20-22-9-5-4-6-10-22)25-29(38)34(12-7-2-3-8-16-35)26(30(21,25)40-23)28(37)31-11-13-33-14-17-39-18-15-33/h4-6,9-10,21,23-26,35H,2-3,7-8,11-20H2,1H3,(H,31,37)(H,32,36)/t21?,23-,24+,25+,26?,30?/m1/s1. The second-order valence-corrected chi connectivity index (χ2v) is 13.2. The first-order chi connectivity index (χ1) is 19.5. The van der Waals surface area contributed by atoms with E-state index in [1.165, 1.54) is 0 Å². The Balaban J connectivity index is 1.33. The summed E-state index contributed by atoms with van der Waals surface area (Å²) in [5, 5.41) is 15.5. The molecular formula is C30H44N4O5S. The third-order valence-electron chi connectivity index (χ3n) is 9.24. The van der Waals surface area contributed by atoms with Crippen molar-refractivity contribution in [1.29, 1.82) is 0 Å². The molecule has 10 heteroatoms. The van der Waals surface area contributed by atoms with E-state index in [0.717, 1.165) is 57.3 Å². The Bertz CT molecular complexity index is 1040. The van der Waals surface area contributed by atoms with Crippen LogP contribution in [0, 0.1) is 17.8 Å². The third kappa shape index (κ3) is 5.78. The maximum atomic E-state index is 14.2. The minimum atomic E-state index is -0.593. The van der Waals surface area contributed by atoms with E-state index in [0.29, 0.717) is 32.8 Å². The van der Waals surface area contributed by atoms with Crippen LogP contribution in [0.4, 0.5) is 0 Å². The number of aliphatic hydroxyl groups excluding tert-OH is 1. The van der Waals surface area contributed by atoms with Crippen molar-refractivity contribution in [2.45, 2.75) is 61.6 Å². The molecule has 220 valence electrons. The highest BCUT2D eigenvalue weighted by Crippen LogP contribution is 2.68. The number of rotatable bonds is 13. The number of likely N-dealkylation sites (tertiary alicyclic amines) is 1. The number of benzene rings is 1. The largest absolute Gasteiger partial charge is 0.396 e. The van der Waals surface area contributed by atoms with Gasteiger partial charge in [-0.15, -0.1) is 11.8 Å². The number of amides is 3. The average molecular weight is 573 g/mol. The molecule has 3 unspecified atom stereocenters. The summed E-state index contributed by atoms with van der Waals surface area (Å²) in [6, 6.07) is 9.24. The van der Waals surface area contributed by atoms with E-state index in [2.05, 4.69) is 22.5 Å². The summed E-state index contributed by atoms with van der Waals surface area (Å²) >= 11 is 1.72. The van der Waals surface area contributed by atoms with E-state index < -0.39 is 22.6 Å². The fourth-order valence-corrected chi connectivity index (χ4v) is 9.69. The van der Waals surface area contributed by atoms with Crippen LogP contribution in [0.1, 0.15) is 44.6 Å². The number of ether oxygens (including phenoxy) is 1. The molecule has 4 saturated heterocycles. The smallest absolute Gasteiger partial charge is 0.244 e. The molecule has 4 fully saturated rings. The molecule has 3 amide bonds. The van der Waals surface area contributed by atoms with Crippen molar-refractivity contribution in [1.82, 2.24) is 20.4 Å². The Kier molecular flexibility index (Phi) is 9.71. The molecule has 2 bridgehead atoms. The lowest BCUT2D eigenvalue weighted by atomic mass is 9.66. The molecule has 6 atom stereocenters. The van der Waals surface area contributed by atoms with Gasteiger partial charge in [-0.2, -0.15) is 0 Å². The number of hydrogen-bond donors (Lipinski definition) is 3. The van der Waals surface area contributed by atoms with Gasteiger partial charge < -0.3 is 25.4 Å². The highest BCUT2D eigenvalue weighted by molar-refractivity contribution is 8.02. The van der Waals surface area contributed by atoms with Gasteiger partial charge in [-0.05, 0) is 30.7 Å². The molecule has 1 aromatic rings. The molecule has 4 aliphatic heterocycles. The van der Waals surface area contributed by atoms with Crippen molar-refractivity contribution < 1.29 is 24.2 Å². The molecule has 0 aromatic heterocycles. The second kappa shape index (κ2) is 13.2. The number of nitrogens with zero attached hydrogens (tertiary/aromatic N) is 2. The normalized spacial score (nSPS) is 31.4. The van der Waals surface area contributed by atoms with Crippen molar-refractivity contribution in [3.8, 4) is 0 Å². The Labute approximate surface area is 241 Å². The van der Waals surface area contributed by atoms with Crippen molar-refractivity contribution in [2.24, 2.45) is 17.8 Å². The van der Waals surface area contributed by atoms with Crippen LogP contribution in [-0.2, 0) is 25.7 Å². The lowest BCUT2D eigenvalue weighted by Crippen LogP contribution is -2.57. The topological polar surface area (TPSA) is 111 Å². The summed E-state index contributed by atoms with van der Waals surface area (Å²) in [6.07, 6.45) is 4.13. The predicted octanol–water partition coefficient (Wildman–Crippen LogP) is 1.64. The van der Waals surface area contributed by atoms with E-state index in [-0.39, 0.29) is 35.5 Å². The number of carbonyl (C=O) groups is 3. The third-order valence-corrected chi connectivity index (χ3v) is 11.3. The maximum absolute atomic E-state index is 14.2. The van der Waals surface area contributed by atoms with Crippen LogP contribution in [0.15, 0.2) is 30.3 Å². The van der Waals surface area contributed by atoms with Crippen molar-refractivity contribution in [2.75, 3.05) is 52.5 Å². The van der Waals surface area contributed by atoms with Gasteiger partial charge in [-0.1, -0.05) is 50.1 Å². The number of hydrogen-bond acceptors (Lipinski definition) is 7. The Morgan fingerprint density at radius 3 is 2.55 bits per heavy atom. The summed E-state index contributed by atoms with van der Waals surface area (Å²) < 4.78 is 4.84. The Hall–Kier alpha value is -2.14. The molecule has 0 aliphatic carbocycles. The van der Waals surface area contributed by atoms with E-state index in [9.17, 15) is 14.4 Å². The molecule has 3 N–H and O–H groups in total. The van der Waals surface area contributed by atoms with E-state index >= 15 is 0 Å². The molecule has 0 saturated carbocycles. The molecule has 1 aromatic carbocycles. The minimum absolute atomic E-state index is 0.0371. The van der Waals surface area contributed by atoms with Gasteiger partial charge in [0.25, 0.3) is 0 Å². The van der Waals surface area contributed by atoms with E-state index in [4.69, 9.17) is 9.84 Å². The van der Waals surface area contributed by atoms with Crippen LogP contribution in [0.25, 0.3) is 0 Å². The molecule has 4 aliphatic rings. The zero-order valence-corrected chi connectivity index (χ0v) is 24.4. The predicted molar refractivity (Wildman–Crippen MR) is 154 cm³/mol. The Morgan fingerprint density at radius 2 is 1.80 bits per heavy atom. The number of morpholine rings is 1. The van der Waals surface area contributed by atoms with Crippen LogP contribution >= 0.6 is 11.8 Å². The molecule has 1 spiro atoms. The van der Waals surface area contributed by atoms with Gasteiger partial charge in [0.15, 0.2) is 0 Å². The first-order valence-corrected chi connectivity index (χ1v) is 15.8. The fourth-order valence-electron chi connectivity index (χ4n) is 7.27. The summed E-state index contributed by atoms with van der Waals surface area (Å²) in [4.78, 5) is 45.8. The van der Waals surface area contributed by atoms with Gasteiger partial charge in [0.05, 0.1) is 29.8 Å². The summed E-state index contributed by atoms with van der Waals surface area (Å²) in [6.45, 7) is 7.67. The number of carbonyl (C=O) groups excluding carboxylic acids is 3. The van der Waals surface area contributed by atoms with Gasteiger partial charge in [0, 0.05) is 51.1 Å². The van der Waals surface area contributed by atoms with Gasteiger partial charge in [-0.25, -0.2) is 0 Å². The van der Waals surface area contributed by atoms with Gasteiger partial charge >= 0.3 is 0 Å². The summed E-state index contributed by atoms with van der Waals surface area (Å²) in [5.74, 6) is -0.981. The first kappa shape index (κ1) is 29.4. The molecule has 5 rings (SSSR count). The van der Waals surface area contributed by atoms with Gasteiger partial charge in [0.1, 0.15) is 6.04 Å². The second-order valence-electron chi connectivity index (χ2n) is 11.7. The monoisotopic (exact) mass is 572 g/mol. The van der Waals surface area contributed by atoms with Crippen LogP contribution in [-0.4, -0.2) is 101 Å². The van der Waals surface area contributed by atoms with Crippen LogP contribution in [0.5, 0.6) is 0 Å². The number of aliphatic hydroxyl groups is 1. The number of nitrogens with one attached hydrogen (secondary N) is 2. The highest BCUT2D eigenvalue weighted by Gasteiger charge is 2.75. The lowest BCUT2D eigenvalue weighted by Gasteiger charge is -2.38. The first-order valence-electron chi connectivity index (χ1n) is 15.0. The van der Waals surface area contributed by atoms with Crippen molar-refractivity contribution in [3.05, 3.63) is 35.9 Å². The van der Waals surface area contributed by atoms with Gasteiger partial charge in [0.2, 0.25) is 17.7 Å². The average Bonchev–Trinajstić information content (AvgIpc) is 3.56.